The molecule has 0 unspecified atom stereocenters. The van der Waals surface area contributed by atoms with Gasteiger partial charge in [-0.2, -0.15) is 0 Å². The molecule has 0 atom stereocenters. The van der Waals surface area contributed by atoms with Crippen molar-refractivity contribution in [2.24, 2.45) is 0 Å². The summed E-state index contributed by atoms with van der Waals surface area (Å²) in [5.41, 5.74) is 0. The lowest BCUT2D eigenvalue weighted by Gasteiger charge is -1.68. The zero-order valence-corrected chi connectivity index (χ0v) is 3.92. The van der Waals surface area contributed by atoms with Gasteiger partial charge in [-0.3, -0.25) is 4.79 Å². The Balaban J connectivity index is 2.85. The molecule has 0 radical (unpaired) electrons. The smallest absolute Gasteiger partial charge is 0.511 e. The zero-order valence-electron chi connectivity index (χ0n) is 2.51. The second-order valence-electron chi connectivity index (χ2n) is 0.552. The van der Waals surface area contributed by atoms with Crippen molar-refractivity contribution in [3.8, 4) is 0 Å². The molecule has 0 aromatic heterocycles. The molecule has 0 spiro atoms. The first kappa shape index (κ1) is 4.96. The molecule has 0 bridgehead atoms. The third kappa shape index (κ3) is 3.96. The minimum Gasteiger partial charge on any atom is -0.511 e. The maximum Gasteiger partial charge on any atom is 0.595 e. The highest BCUT2D eigenvalue weighted by Gasteiger charge is 1.94. The second-order valence-corrected chi connectivity index (χ2v) is 1.47. The normalized spacial score (nSPS) is 6.60. The van der Waals surface area contributed by atoms with Crippen LogP contribution in [0.4, 0.5) is 4.79 Å². The van der Waals surface area contributed by atoms with E-state index in [9.17, 15) is 4.79 Å². The SMILES string of the molecule is O=[C](O)[AlH][OH]. The van der Waals surface area contributed by atoms with Crippen LogP contribution in [0.2, 0.25) is 0 Å². The summed E-state index contributed by atoms with van der Waals surface area (Å²) in [5.74, 6) is 0. The quantitative estimate of drug-likeness (QED) is 0.406. The molecule has 0 saturated heterocycles. The van der Waals surface area contributed by atoms with Gasteiger partial charge in [0.05, 0.1) is 0 Å². The van der Waals surface area contributed by atoms with E-state index in [2.05, 4.69) is 0 Å². The van der Waals surface area contributed by atoms with Crippen molar-refractivity contribution in [2.75, 3.05) is 0 Å². The molecule has 0 amide bonds. The molecule has 2 N–H and O–H groups in total. The van der Waals surface area contributed by atoms with Gasteiger partial charge in [-0.25, -0.2) is 0 Å². The summed E-state index contributed by atoms with van der Waals surface area (Å²) >= 11 is -1.73. The average molecular weight is 90.0 g/mol. The van der Waals surface area contributed by atoms with Crippen LogP contribution in [0, 0.1) is 0 Å². The monoisotopic (exact) mass is 90.0 g/mol. The van der Waals surface area contributed by atoms with Gasteiger partial charge in [-0.05, 0) is 0 Å². The molecule has 0 heterocycles. The number of carboxylic acid groups (broad SMARTS) is 1. The number of carbonyl (C=O) groups is 1. The van der Waals surface area contributed by atoms with E-state index >= 15 is 0 Å². The average Bonchev–Trinajstić information content (AvgIpc) is 1.38. The molecule has 0 fully saturated rings. The number of rotatable bonds is 1. The van der Waals surface area contributed by atoms with Crippen molar-refractivity contribution in [2.45, 2.75) is 0 Å². The Hall–Kier alpha value is -0.0375. The molecule has 4 heteroatoms. The van der Waals surface area contributed by atoms with Gasteiger partial charge in [-0.15, -0.1) is 0 Å². The van der Waals surface area contributed by atoms with E-state index in [0.717, 1.165) is 0 Å². The van der Waals surface area contributed by atoms with E-state index in [1.54, 1.807) is 0 Å². The predicted octanol–water partition coefficient (Wildman–Crippen LogP) is -0.992. The molecule has 0 rings (SSSR count). The number of hydrogen-bond acceptors (Lipinski definition) is 2. The van der Waals surface area contributed by atoms with Crippen LogP contribution in [0.25, 0.3) is 0 Å². The van der Waals surface area contributed by atoms with Crippen molar-refractivity contribution in [3.05, 3.63) is 0 Å². The van der Waals surface area contributed by atoms with Crippen LogP contribution in [0.15, 0.2) is 0 Å². The highest BCUT2D eigenvalue weighted by Crippen LogP contribution is 1.51. The van der Waals surface area contributed by atoms with E-state index < -0.39 is 20.4 Å². The van der Waals surface area contributed by atoms with Crippen LogP contribution in [-0.4, -0.2) is 29.6 Å². The first-order valence-electron chi connectivity index (χ1n) is 1.10. The zero-order chi connectivity index (χ0) is 4.28. The molecule has 5 heavy (non-hydrogen) atoms. The standard InChI is InChI=1S/CHO2.Al.H2O.H/c2-1-3;;;/h(H,2,3);;1H2;/q;+1;;/p-1. The van der Waals surface area contributed by atoms with E-state index in [1.165, 1.54) is 0 Å². The maximum atomic E-state index is 9.18. The fourth-order valence-electron chi connectivity index (χ4n) is 0. The summed E-state index contributed by atoms with van der Waals surface area (Å²) in [6, 6.07) is 0. The van der Waals surface area contributed by atoms with Gasteiger partial charge in [0, 0.05) is 0 Å². The van der Waals surface area contributed by atoms with Crippen LogP contribution in [-0.2, 0) is 0 Å². The minimum absolute atomic E-state index is 1.05. The maximum absolute atomic E-state index is 9.18. The van der Waals surface area contributed by atoms with Crippen molar-refractivity contribution in [1.29, 1.82) is 0 Å². The van der Waals surface area contributed by atoms with Gasteiger partial charge in [0.15, 0.2) is 0 Å². The van der Waals surface area contributed by atoms with Crippen LogP contribution in [0.3, 0.4) is 0 Å². The predicted molar refractivity (Wildman–Crippen MR) is 17.4 cm³/mol. The fourth-order valence-corrected chi connectivity index (χ4v) is 0. The van der Waals surface area contributed by atoms with Crippen molar-refractivity contribution in [1.82, 2.24) is 0 Å². The minimum atomic E-state index is -1.73. The van der Waals surface area contributed by atoms with Gasteiger partial charge < -0.3 is 9.26 Å². The lowest BCUT2D eigenvalue weighted by Crippen LogP contribution is -2.01. The van der Waals surface area contributed by atoms with Crippen molar-refractivity contribution < 1.29 is 14.1 Å². The summed E-state index contributed by atoms with van der Waals surface area (Å²) < 4.78 is 7.68. The van der Waals surface area contributed by atoms with Gasteiger partial charge in [0.25, 0.3) is 0 Å². The van der Waals surface area contributed by atoms with E-state index in [1.807, 2.05) is 0 Å². The lowest BCUT2D eigenvalue weighted by molar-refractivity contribution is 0.217. The summed E-state index contributed by atoms with van der Waals surface area (Å²) in [6.07, 6.45) is 0. The number of hydrogen-bond donors (Lipinski definition) is 2. The highest BCUT2D eigenvalue weighted by molar-refractivity contribution is 6.65. The summed E-state index contributed by atoms with van der Waals surface area (Å²) in [4.78, 5) is 8.13. The second kappa shape index (κ2) is 2.21. The molecule has 0 aromatic rings. The Morgan fingerprint density at radius 1 is 1.80 bits per heavy atom. The van der Waals surface area contributed by atoms with Crippen molar-refractivity contribution in [3.63, 3.8) is 0 Å². The van der Waals surface area contributed by atoms with Crippen LogP contribution < -0.4 is 0 Å². The Bertz CT molecular complexity index is 42.2. The van der Waals surface area contributed by atoms with Crippen LogP contribution >= 0.6 is 0 Å². The molecule has 0 aromatic carbocycles. The topological polar surface area (TPSA) is 57.5 Å². The Morgan fingerprint density at radius 2 is 2.00 bits per heavy atom. The van der Waals surface area contributed by atoms with Gasteiger partial charge in [-0.1, -0.05) is 0 Å². The Kier molecular flexibility index (Phi) is 2.20. The Labute approximate surface area is 35.3 Å². The first-order valence-corrected chi connectivity index (χ1v) is 2.44. The Morgan fingerprint density at radius 3 is 2.00 bits per heavy atom. The van der Waals surface area contributed by atoms with Gasteiger partial charge in [0.2, 0.25) is 4.83 Å². The molecule has 0 aliphatic carbocycles. The molecular weight excluding hydrogens is 87.0 g/mol. The largest absolute Gasteiger partial charge is 0.595 e. The molecule has 0 aliphatic rings. The molecule has 28 valence electrons. The fraction of sp³-hybridized carbons (Fsp3) is 0. The molecular formula is CH3AlO3. The molecule has 0 saturated carbocycles. The highest BCUT2D eigenvalue weighted by atomic mass is 27.1. The van der Waals surface area contributed by atoms with E-state index in [0.29, 0.717) is 0 Å². The summed E-state index contributed by atoms with van der Waals surface area (Å²) in [6.45, 7) is 0. The third-order valence-electron chi connectivity index (χ3n) is 0.135. The summed E-state index contributed by atoms with van der Waals surface area (Å²) in [7, 11) is 0. The van der Waals surface area contributed by atoms with E-state index in [-0.39, 0.29) is 0 Å². The van der Waals surface area contributed by atoms with Crippen molar-refractivity contribution >= 4 is 20.4 Å². The first-order chi connectivity index (χ1) is 2.27. The van der Waals surface area contributed by atoms with Gasteiger partial charge >= 0.3 is 15.6 Å². The van der Waals surface area contributed by atoms with E-state index in [4.69, 9.17) is 9.26 Å². The molecule has 3 nitrogen and oxygen atoms in total. The van der Waals surface area contributed by atoms with Crippen LogP contribution in [0.1, 0.15) is 0 Å². The molecule has 0 aliphatic heterocycles. The van der Waals surface area contributed by atoms with Gasteiger partial charge in [0.1, 0.15) is 0 Å². The summed E-state index contributed by atoms with van der Waals surface area (Å²) in [5, 5.41) is 7.53. The van der Waals surface area contributed by atoms with Crippen LogP contribution in [0.5, 0.6) is 0 Å². The lowest BCUT2D eigenvalue weighted by atomic mass is 11.6. The third-order valence-corrected chi connectivity index (χ3v) is 0.406.